The van der Waals surface area contributed by atoms with Crippen LogP contribution in [0.15, 0.2) is 21.3 Å². The number of aliphatic hydroxyl groups is 2. The van der Waals surface area contributed by atoms with Crippen LogP contribution in [0.3, 0.4) is 0 Å². The molecule has 4 aliphatic rings. The van der Waals surface area contributed by atoms with Crippen LogP contribution >= 0.6 is 0 Å². The fraction of sp³-hybridized carbons (Fsp3) is 0.429. The van der Waals surface area contributed by atoms with Gasteiger partial charge in [-0.05, 0) is 25.5 Å². The molecule has 4 N–H and O–H groups in total. The Labute approximate surface area is 238 Å². The van der Waals surface area contributed by atoms with E-state index < -0.39 is 59.2 Å². The summed E-state index contributed by atoms with van der Waals surface area (Å²) < 4.78 is 15.8. The SMILES string of the molecule is COC(=O)C1CC(O)CN1C(=O)c1c2nc3c(C(=O)N4CC(O)CC4C(=O)OC)ccc(C)c3oc-2c(C)c(=O)c1N. The zero-order chi connectivity index (χ0) is 30.6. The molecule has 1 aromatic rings. The molecule has 3 heterocycles. The second-order valence-corrected chi connectivity index (χ2v) is 10.5. The van der Waals surface area contributed by atoms with Crippen molar-refractivity contribution < 1.29 is 43.3 Å². The molecule has 0 radical (unpaired) electrons. The smallest absolute Gasteiger partial charge is 0.328 e. The number of likely N-dealkylation sites (tertiary alicyclic amines) is 2. The average molecular weight is 583 g/mol. The first-order valence-electron chi connectivity index (χ1n) is 13.2. The molecule has 3 aliphatic heterocycles. The lowest BCUT2D eigenvalue weighted by atomic mass is 9.99. The number of carbonyl (C=O) groups excluding carboxylic acids is 4. The zero-order valence-corrected chi connectivity index (χ0v) is 23.4. The minimum absolute atomic E-state index is 0.00730. The van der Waals surface area contributed by atoms with Gasteiger partial charge in [0.15, 0.2) is 11.3 Å². The number of benzene rings is 2. The second kappa shape index (κ2) is 10.7. The highest BCUT2D eigenvalue weighted by atomic mass is 16.5. The lowest BCUT2D eigenvalue weighted by molar-refractivity contribution is -0.145. The number of aliphatic hydroxyl groups excluding tert-OH is 2. The van der Waals surface area contributed by atoms with Gasteiger partial charge in [0.1, 0.15) is 23.3 Å². The first-order chi connectivity index (χ1) is 19.9. The Hall–Kier alpha value is -4.56. The molecule has 5 rings (SSSR count). The van der Waals surface area contributed by atoms with E-state index in [1.165, 1.54) is 25.0 Å². The number of hydrogen-bond acceptors (Lipinski definition) is 12. The van der Waals surface area contributed by atoms with Gasteiger partial charge in [0.2, 0.25) is 5.43 Å². The number of nitrogens with two attached hydrogens (primary N) is 1. The van der Waals surface area contributed by atoms with Gasteiger partial charge in [-0.15, -0.1) is 0 Å². The van der Waals surface area contributed by atoms with E-state index in [9.17, 15) is 34.2 Å². The van der Waals surface area contributed by atoms with Crippen molar-refractivity contribution in [2.75, 3.05) is 33.0 Å². The minimum atomic E-state index is -1.13. The monoisotopic (exact) mass is 582 g/mol. The maximum Gasteiger partial charge on any atom is 0.328 e. The van der Waals surface area contributed by atoms with Crippen molar-refractivity contribution in [3.63, 3.8) is 0 Å². The van der Waals surface area contributed by atoms with Crippen LogP contribution in [0, 0.1) is 13.8 Å². The molecule has 4 unspecified atom stereocenters. The standard InChI is InChI=1S/C28H30N4O10/c1-11-5-6-15(25(36)31-9-13(33)7-16(31)27(38)40-3)20-23(11)42-24-12(2)22(35)19(29)18(21(24)30-20)26(37)32-10-14(34)8-17(32)28(39)41-4/h5-6,13-14,16-17,33-34H,7-10,29H2,1-4H3. The maximum absolute atomic E-state index is 13.9. The van der Waals surface area contributed by atoms with Crippen LogP contribution in [0.1, 0.15) is 44.7 Å². The summed E-state index contributed by atoms with van der Waals surface area (Å²) in [6, 6.07) is 0.936. The molecule has 0 saturated carbocycles. The van der Waals surface area contributed by atoms with Gasteiger partial charge < -0.3 is 39.6 Å². The lowest BCUT2D eigenvalue weighted by Crippen LogP contribution is -2.42. The van der Waals surface area contributed by atoms with Crippen LogP contribution < -0.4 is 11.2 Å². The third kappa shape index (κ3) is 4.52. The van der Waals surface area contributed by atoms with E-state index in [2.05, 4.69) is 4.98 Å². The fourth-order valence-electron chi connectivity index (χ4n) is 5.68. The third-order valence-corrected chi connectivity index (χ3v) is 7.87. The Morgan fingerprint density at radius 2 is 1.50 bits per heavy atom. The number of anilines is 1. The summed E-state index contributed by atoms with van der Waals surface area (Å²) in [5, 5.41) is 20.5. The van der Waals surface area contributed by atoms with Crippen LogP contribution in [0.4, 0.5) is 5.69 Å². The molecule has 2 amide bonds. The molecular weight excluding hydrogens is 552 g/mol. The summed E-state index contributed by atoms with van der Waals surface area (Å²) in [5.41, 5.74) is 5.41. The number of fused-ring (bicyclic) bond motifs is 2. The number of nitrogens with zero attached hydrogens (tertiary/aromatic N) is 3. The van der Waals surface area contributed by atoms with Crippen LogP contribution in [0.5, 0.6) is 0 Å². The van der Waals surface area contributed by atoms with E-state index in [0.717, 1.165) is 12.0 Å². The number of carbonyl (C=O) groups is 4. The van der Waals surface area contributed by atoms with Crippen LogP contribution in [-0.2, 0) is 19.1 Å². The number of hydrogen-bond donors (Lipinski definition) is 3. The Bertz CT molecular complexity index is 1670. The van der Waals surface area contributed by atoms with Gasteiger partial charge in [0.05, 0.1) is 43.2 Å². The van der Waals surface area contributed by atoms with E-state index >= 15 is 0 Å². The number of aryl methyl sites for hydroxylation is 1. The number of amides is 2. The highest BCUT2D eigenvalue weighted by Crippen LogP contribution is 2.37. The predicted molar refractivity (Wildman–Crippen MR) is 146 cm³/mol. The molecule has 1 aromatic carbocycles. The molecule has 0 aromatic heterocycles. The molecule has 1 aliphatic carbocycles. The van der Waals surface area contributed by atoms with E-state index in [4.69, 9.17) is 19.6 Å². The number of β-amino-alcohol motifs (C(OH)–C–C–N with tert-alkyl or cyclic N) is 2. The number of rotatable bonds is 4. The van der Waals surface area contributed by atoms with Crippen molar-refractivity contribution in [1.82, 2.24) is 14.8 Å². The Morgan fingerprint density at radius 3 is 2.05 bits per heavy atom. The van der Waals surface area contributed by atoms with Gasteiger partial charge in [0, 0.05) is 31.5 Å². The van der Waals surface area contributed by atoms with Crippen LogP contribution in [0.25, 0.3) is 22.6 Å². The summed E-state index contributed by atoms with van der Waals surface area (Å²) >= 11 is 0. The maximum atomic E-state index is 13.9. The fourth-order valence-corrected chi connectivity index (χ4v) is 5.68. The van der Waals surface area contributed by atoms with Gasteiger partial charge in [-0.1, -0.05) is 6.07 Å². The van der Waals surface area contributed by atoms with Crippen molar-refractivity contribution in [3.05, 3.63) is 44.6 Å². The quantitative estimate of drug-likeness (QED) is 0.211. The molecular formula is C28H30N4O10. The Balaban J connectivity index is 1.73. The first-order valence-corrected chi connectivity index (χ1v) is 13.2. The van der Waals surface area contributed by atoms with Crippen molar-refractivity contribution in [1.29, 1.82) is 0 Å². The van der Waals surface area contributed by atoms with Crippen molar-refractivity contribution >= 4 is 40.5 Å². The molecule has 14 heteroatoms. The summed E-state index contributed by atoms with van der Waals surface area (Å²) in [5.74, 6) is -2.97. The van der Waals surface area contributed by atoms with Gasteiger partial charge in [0.25, 0.3) is 11.8 Å². The Morgan fingerprint density at radius 1 is 0.952 bits per heavy atom. The molecule has 2 saturated heterocycles. The zero-order valence-electron chi connectivity index (χ0n) is 23.4. The largest absolute Gasteiger partial charge is 0.467 e. The molecule has 222 valence electrons. The molecule has 42 heavy (non-hydrogen) atoms. The predicted octanol–water partition coefficient (Wildman–Crippen LogP) is -0.0114. The average Bonchev–Trinajstić information content (AvgIpc) is 3.57. The molecule has 2 fully saturated rings. The number of aromatic nitrogens is 1. The number of nitrogen functional groups attached to an aromatic ring is 1. The first kappa shape index (κ1) is 29.0. The summed E-state index contributed by atoms with van der Waals surface area (Å²) in [7, 11) is 2.34. The number of methoxy groups -OCH3 is 2. The van der Waals surface area contributed by atoms with Crippen LogP contribution in [0.2, 0.25) is 0 Å². The second-order valence-electron chi connectivity index (χ2n) is 10.5. The minimum Gasteiger partial charge on any atom is -0.467 e. The molecule has 14 nitrogen and oxygen atoms in total. The molecule has 0 bridgehead atoms. The number of ether oxygens (including phenoxy) is 2. The summed E-state index contributed by atoms with van der Waals surface area (Å²) in [6.45, 7) is 2.82. The van der Waals surface area contributed by atoms with Crippen molar-refractivity contribution in [2.45, 2.75) is 51.0 Å². The van der Waals surface area contributed by atoms with Gasteiger partial charge in [-0.2, -0.15) is 0 Å². The number of esters is 2. The van der Waals surface area contributed by atoms with Crippen molar-refractivity contribution in [3.8, 4) is 11.5 Å². The highest BCUT2D eigenvalue weighted by Gasteiger charge is 2.43. The lowest BCUT2D eigenvalue weighted by Gasteiger charge is -2.25. The van der Waals surface area contributed by atoms with Crippen LogP contribution in [-0.4, -0.2) is 100 Å². The Kier molecular flexibility index (Phi) is 7.37. The van der Waals surface area contributed by atoms with E-state index in [0.29, 0.717) is 5.56 Å². The summed E-state index contributed by atoms with van der Waals surface area (Å²) in [6.07, 6.45) is -2.05. The molecule has 0 spiro atoms. The normalized spacial score (nSPS) is 22.1. The van der Waals surface area contributed by atoms with Gasteiger partial charge >= 0.3 is 11.9 Å². The highest BCUT2D eigenvalue weighted by molar-refractivity contribution is 6.09. The van der Waals surface area contributed by atoms with E-state index in [-0.39, 0.29) is 65.2 Å². The van der Waals surface area contributed by atoms with E-state index in [1.54, 1.807) is 13.0 Å². The third-order valence-electron chi connectivity index (χ3n) is 7.87. The van der Waals surface area contributed by atoms with Gasteiger partial charge in [-0.25, -0.2) is 14.6 Å². The van der Waals surface area contributed by atoms with Gasteiger partial charge in [-0.3, -0.25) is 14.4 Å². The van der Waals surface area contributed by atoms with E-state index in [1.807, 2.05) is 0 Å². The summed E-state index contributed by atoms with van der Waals surface area (Å²) in [4.78, 5) is 72.5. The topological polar surface area (TPSA) is 203 Å². The molecule has 4 atom stereocenters. The van der Waals surface area contributed by atoms with Crippen molar-refractivity contribution in [2.24, 2.45) is 0 Å².